The number of carbonyl (C=O) groups is 2. The molecule has 0 spiro atoms. The van der Waals surface area contributed by atoms with E-state index in [0.717, 1.165) is 4.90 Å². The van der Waals surface area contributed by atoms with E-state index in [-0.39, 0.29) is 18.7 Å². The van der Waals surface area contributed by atoms with Crippen LogP contribution in [0.25, 0.3) is 0 Å². The van der Waals surface area contributed by atoms with Gasteiger partial charge in [-0.3, -0.25) is 9.78 Å². The summed E-state index contributed by atoms with van der Waals surface area (Å²) in [6.45, 7) is 0.00632. The summed E-state index contributed by atoms with van der Waals surface area (Å²) in [6, 6.07) is -1.00. The maximum absolute atomic E-state index is 12.0. The maximum Gasteiger partial charge on any atom is 0.326 e. The van der Waals surface area contributed by atoms with E-state index >= 15 is 0 Å². The van der Waals surface area contributed by atoms with Crippen molar-refractivity contribution in [2.45, 2.75) is 18.6 Å². The molecule has 0 aliphatic carbocycles. The molecule has 2 heterocycles. The highest BCUT2D eigenvalue weighted by atomic mass is 16.4. The largest absolute Gasteiger partial charge is 0.480 e. The summed E-state index contributed by atoms with van der Waals surface area (Å²) in [7, 11) is 0. The van der Waals surface area contributed by atoms with E-state index in [1.165, 1.54) is 18.6 Å². The minimum absolute atomic E-state index is 0.00632. The molecule has 1 aliphatic heterocycles. The van der Waals surface area contributed by atoms with Crippen LogP contribution >= 0.6 is 0 Å². The molecule has 0 aromatic carbocycles. The molecule has 2 unspecified atom stereocenters. The number of carboxylic acid groups (broad SMARTS) is 1. The smallest absolute Gasteiger partial charge is 0.326 e. The van der Waals surface area contributed by atoms with E-state index in [4.69, 9.17) is 5.11 Å². The monoisotopic (exact) mass is 237 g/mol. The number of hydrogen-bond acceptors (Lipinski definition) is 5. The fourth-order valence-electron chi connectivity index (χ4n) is 1.83. The van der Waals surface area contributed by atoms with Crippen LogP contribution in [0.3, 0.4) is 0 Å². The summed E-state index contributed by atoms with van der Waals surface area (Å²) in [5, 5.41) is 18.4. The van der Waals surface area contributed by atoms with Crippen LogP contribution in [-0.2, 0) is 4.79 Å². The first-order valence-electron chi connectivity index (χ1n) is 5.07. The molecule has 0 radical (unpaired) electrons. The van der Waals surface area contributed by atoms with Gasteiger partial charge in [-0.2, -0.15) is 0 Å². The van der Waals surface area contributed by atoms with Gasteiger partial charge in [0.1, 0.15) is 11.7 Å². The van der Waals surface area contributed by atoms with E-state index in [2.05, 4.69) is 9.97 Å². The third kappa shape index (κ3) is 2.23. The van der Waals surface area contributed by atoms with Crippen molar-refractivity contribution in [2.24, 2.45) is 0 Å². The Morgan fingerprint density at radius 2 is 2.18 bits per heavy atom. The van der Waals surface area contributed by atoms with Crippen molar-refractivity contribution in [3.8, 4) is 0 Å². The predicted molar refractivity (Wildman–Crippen MR) is 55.1 cm³/mol. The molecule has 7 heteroatoms. The third-order valence-electron chi connectivity index (χ3n) is 2.61. The first-order valence-corrected chi connectivity index (χ1v) is 5.07. The zero-order chi connectivity index (χ0) is 12.4. The molecule has 1 saturated heterocycles. The quantitative estimate of drug-likeness (QED) is 0.693. The van der Waals surface area contributed by atoms with Gasteiger partial charge in [-0.1, -0.05) is 0 Å². The number of amides is 1. The van der Waals surface area contributed by atoms with E-state index in [0.29, 0.717) is 0 Å². The highest BCUT2D eigenvalue weighted by Crippen LogP contribution is 2.19. The molecule has 90 valence electrons. The van der Waals surface area contributed by atoms with Crippen molar-refractivity contribution in [2.75, 3.05) is 6.54 Å². The fourth-order valence-corrected chi connectivity index (χ4v) is 1.83. The van der Waals surface area contributed by atoms with Crippen molar-refractivity contribution in [1.82, 2.24) is 14.9 Å². The van der Waals surface area contributed by atoms with Gasteiger partial charge in [-0.05, 0) is 0 Å². The van der Waals surface area contributed by atoms with Crippen LogP contribution in [0.4, 0.5) is 0 Å². The number of carboxylic acids is 1. The highest BCUT2D eigenvalue weighted by molar-refractivity contribution is 5.95. The minimum Gasteiger partial charge on any atom is -0.480 e. The van der Waals surface area contributed by atoms with Crippen molar-refractivity contribution in [1.29, 1.82) is 0 Å². The lowest BCUT2D eigenvalue weighted by atomic mass is 10.2. The number of β-amino-alcohol motifs (C(OH)–C–C–N with tert-alkyl or cyclic N) is 1. The Morgan fingerprint density at radius 1 is 1.41 bits per heavy atom. The number of likely N-dealkylation sites (tertiary alicyclic amines) is 1. The van der Waals surface area contributed by atoms with E-state index in [9.17, 15) is 14.7 Å². The Balaban J connectivity index is 2.22. The SMILES string of the molecule is O=C(O)C1CC(O)CN1C(=O)c1cnccn1. The molecule has 2 rings (SSSR count). The number of aromatic nitrogens is 2. The second kappa shape index (κ2) is 4.46. The second-order valence-electron chi connectivity index (χ2n) is 3.79. The summed E-state index contributed by atoms with van der Waals surface area (Å²) < 4.78 is 0. The molecule has 1 aromatic heterocycles. The molecule has 1 fully saturated rings. The van der Waals surface area contributed by atoms with E-state index in [1.807, 2.05) is 0 Å². The van der Waals surface area contributed by atoms with E-state index in [1.54, 1.807) is 0 Å². The third-order valence-corrected chi connectivity index (χ3v) is 2.61. The van der Waals surface area contributed by atoms with Gasteiger partial charge >= 0.3 is 5.97 Å². The lowest BCUT2D eigenvalue weighted by molar-refractivity contribution is -0.141. The van der Waals surface area contributed by atoms with Crippen molar-refractivity contribution in [3.63, 3.8) is 0 Å². The van der Waals surface area contributed by atoms with Crippen molar-refractivity contribution >= 4 is 11.9 Å². The van der Waals surface area contributed by atoms with Crippen LogP contribution in [0.1, 0.15) is 16.9 Å². The highest BCUT2D eigenvalue weighted by Gasteiger charge is 2.39. The van der Waals surface area contributed by atoms with Gasteiger partial charge in [-0.25, -0.2) is 9.78 Å². The normalized spacial score (nSPS) is 23.7. The van der Waals surface area contributed by atoms with Crippen LogP contribution in [0.15, 0.2) is 18.6 Å². The Kier molecular flexibility index (Phi) is 3.01. The zero-order valence-corrected chi connectivity index (χ0v) is 8.85. The number of aliphatic hydroxyl groups excluding tert-OH is 1. The molecule has 1 aromatic rings. The molecular formula is C10H11N3O4. The van der Waals surface area contributed by atoms with Crippen molar-refractivity contribution < 1.29 is 19.8 Å². The van der Waals surface area contributed by atoms with Crippen LogP contribution in [0.2, 0.25) is 0 Å². The van der Waals surface area contributed by atoms with Gasteiger partial charge in [0.05, 0.1) is 12.3 Å². The van der Waals surface area contributed by atoms with Crippen LogP contribution in [-0.4, -0.2) is 55.6 Å². The number of hydrogen-bond donors (Lipinski definition) is 2. The standard InChI is InChI=1S/C10H11N3O4/c14-6-3-8(10(16)17)13(5-6)9(15)7-4-11-1-2-12-7/h1-2,4,6,8,14H,3,5H2,(H,16,17). The minimum atomic E-state index is -1.13. The number of aliphatic carboxylic acids is 1. The van der Waals surface area contributed by atoms with Crippen LogP contribution in [0, 0.1) is 0 Å². The molecule has 0 bridgehead atoms. The molecule has 0 saturated carbocycles. The first kappa shape index (κ1) is 11.5. The Bertz CT molecular complexity index is 436. The molecular weight excluding hydrogens is 226 g/mol. The summed E-state index contributed by atoms with van der Waals surface area (Å²) in [6.07, 6.45) is 3.28. The second-order valence-corrected chi connectivity index (χ2v) is 3.79. The maximum atomic E-state index is 12.0. The number of aliphatic hydroxyl groups is 1. The molecule has 1 aliphatic rings. The Morgan fingerprint density at radius 3 is 2.76 bits per heavy atom. The average Bonchev–Trinajstić information content (AvgIpc) is 2.72. The van der Waals surface area contributed by atoms with Gasteiger partial charge in [0.25, 0.3) is 5.91 Å². The molecule has 2 atom stereocenters. The summed E-state index contributed by atoms with van der Waals surface area (Å²) >= 11 is 0. The average molecular weight is 237 g/mol. The lowest BCUT2D eigenvalue weighted by Crippen LogP contribution is -2.40. The molecule has 17 heavy (non-hydrogen) atoms. The molecule has 2 N–H and O–H groups in total. The first-order chi connectivity index (χ1) is 8.09. The van der Waals surface area contributed by atoms with Gasteiger partial charge in [0.2, 0.25) is 0 Å². The van der Waals surface area contributed by atoms with Gasteiger partial charge in [0.15, 0.2) is 0 Å². The molecule has 7 nitrogen and oxygen atoms in total. The summed E-state index contributed by atoms with van der Waals surface area (Å²) in [5.41, 5.74) is 0.0767. The summed E-state index contributed by atoms with van der Waals surface area (Å²) in [5.74, 6) is -1.65. The van der Waals surface area contributed by atoms with Gasteiger partial charge in [0, 0.05) is 25.4 Å². The topological polar surface area (TPSA) is 104 Å². The lowest BCUT2D eigenvalue weighted by Gasteiger charge is -2.20. The van der Waals surface area contributed by atoms with E-state index < -0.39 is 24.0 Å². The van der Waals surface area contributed by atoms with Crippen LogP contribution in [0.5, 0.6) is 0 Å². The van der Waals surface area contributed by atoms with Crippen molar-refractivity contribution in [3.05, 3.63) is 24.3 Å². The van der Waals surface area contributed by atoms with Gasteiger partial charge < -0.3 is 15.1 Å². The number of rotatable bonds is 2. The Hall–Kier alpha value is -2.02. The van der Waals surface area contributed by atoms with Gasteiger partial charge in [-0.15, -0.1) is 0 Å². The molecule has 1 amide bonds. The van der Waals surface area contributed by atoms with Crippen LogP contribution < -0.4 is 0 Å². The predicted octanol–water partition coefficient (Wildman–Crippen LogP) is -0.863. The summed E-state index contributed by atoms with van der Waals surface area (Å²) in [4.78, 5) is 31.6. The Labute approximate surface area is 96.7 Å². The number of nitrogens with zero attached hydrogens (tertiary/aromatic N) is 3. The zero-order valence-electron chi connectivity index (χ0n) is 8.85. The number of carbonyl (C=O) groups excluding carboxylic acids is 1. The fraction of sp³-hybridized carbons (Fsp3) is 0.400.